The largest absolute Gasteiger partial charge is 0.316 e. The summed E-state index contributed by atoms with van der Waals surface area (Å²) in [6, 6.07) is 6.95. The Bertz CT molecular complexity index is 528. The molecule has 21 heavy (non-hydrogen) atoms. The van der Waals surface area contributed by atoms with E-state index in [1.807, 2.05) is 7.05 Å². The summed E-state index contributed by atoms with van der Waals surface area (Å²) in [4.78, 5) is 1.05. The third-order valence-electron chi connectivity index (χ3n) is 5.43. The van der Waals surface area contributed by atoms with Gasteiger partial charge in [0.1, 0.15) is 0 Å². The zero-order chi connectivity index (χ0) is 14.8. The number of hydrogen-bond acceptors (Lipinski definition) is 2. The van der Waals surface area contributed by atoms with Crippen molar-refractivity contribution in [2.75, 3.05) is 7.05 Å². The Kier molecular flexibility index (Phi) is 4.80. The van der Waals surface area contributed by atoms with Crippen molar-refractivity contribution in [1.29, 1.82) is 0 Å². The Labute approximate surface area is 131 Å². The van der Waals surface area contributed by atoms with Crippen LogP contribution in [0, 0.1) is 5.92 Å². The van der Waals surface area contributed by atoms with E-state index in [-0.39, 0.29) is 5.25 Å². The number of fused-ring (bicyclic) bond motifs is 1. The molecule has 0 bridgehead atoms. The molecule has 1 aromatic carbocycles. The molecule has 0 aromatic heterocycles. The van der Waals surface area contributed by atoms with Crippen LogP contribution in [-0.4, -0.2) is 22.5 Å². The van der Waals surface area contributed by atoms with E-state index in [9.17, 15) is 4.21 Å². The maximum atomic E-state index is 13.1. The highest BCUT2D eigenvalue weighted by Crippen LogP contribution is 2.33. The highest BCUT2D eigenvalue weighted by Gasteiger charge is 2.33. The Morgan fingerprint density at radius 3 is 2.81 bits per heavy atom. The fourth-order valence-corrected chi connectivity index (χ4v) is 5.83. The lowest BCUT2D eigenvalue weighted by molar-refractivity contribution is 0.301. The minimum atomic E-state index is -0.877. The quantitative estimate of drug-likeness (QED) is 0.923. The van der Waals surface area contributed by atoms with E-state index < -0.39 is 10.8 Å². The lowest BCUT2D eigenvalue weighted by Crippen LogP contribution is -2.44. The van der Waals surface area contributed by atoms with Gasteiger partial charge in [-0.1, -0.05) is 19.4 Å². The van der Waals surface area contributed by atoms with Gasteiger partial charge in [-0.25, -0.2) is 0 Å². The minimum Gasteiger partial charge on any atom is -0.316 e. The molecule has 0 aliphatic heterocycles. The van der Waals surface area contributed by atoms with Crippen molar-refractivity contribution >= 4 is 10.8 Å². The average molecular weight is 305 g/mol. The first-order chi connectivity index (χ1) is 10.2. The summed E-state index contributed by atoms with van der Waals surface area (Å²) in [5, 5.41) is 3.68. The molecule has 0 saturated heterocycles. The minimum absolute atomic E-state index is 0.271. The van der Waals surface area contributed by atoms with Crippen molar-refractivity contribution in [2.45, 2.75) is 68.1 Å². The van der Waals surface area contributed by atoms with Crippen LogP contribution in [0.2, 0.25) is 0 Å². The summed E-state index contributed by atoms with van der Waals surface area (Å²) in [6.07, 6.45) is 8.38. The smallest absolute Gasteiger partial charge is 0.0576 e. The van der Waals surface area contributed by atoms with Gasteiger partial charge in [0.15, 0.2) is 0 Å². The SMILES string of the molecule is CCC1CCC(NC)C(S(=O)c2ccc3c(c2)CCC3)C1. The van der Waals surface area contributed by atoms with E-state index in [2.05, 4.69) is 30.4 Å². The summed E-state index contributed by atoms with van der Waals surface area (Å²) in [6.45, 7) is 2.26. The molecule has 3 heteroatoms. The van der Waals surface area contributed by atoms with Crippen LogP contribution in [0.3, 0.4) is 0 Å². The first-order valence-electron chi connectivity index (χ1n) is 8.42. The third kappa shape index (κ3) is 3.09. The van der Waals surface area contributed by atoms with Gasteiger partial charge in [-0.05, 0) is 74.8 Å². The Morgan fingerprint density at radius 1 is 1.24 bits per heavy atom. The normalized spacial score (nSPS) is 30.1. The van der Waals surface area contributed by atoms with Crippen molar-refractivity contribution in [3.8, 4) is 0 Å². The molecular formula is C18H27NOS. The predicted octanol–water partition coefficient (Wildman–Crippen LogP) is 3.45. The van der Waals surface area contributed by atoms with Crippen molar-refractivity contribution in [2.24, 2.45) is 5.92 Å². The first-order valence-corrected chi connectivity index (χ1v) is 9.63. The Hall–Kier alpha value is -0.670. The molecule has 0 radical (unpaired) electrons. The van der Waals surface area contributed by atoms with Gasteiger partial charge in [0.25, 0.3) is 0 Å². The summed E-state index contributed by atoms with van der Waals surface area (Å²) in [7, 11) is 1.14. The summed E-state index contributed by atoms with van der Waals surface area (Å²) in [5.41, 5.74) is 2.90. The van der Waals surface area contributed by atoms with Gasteiger partial charge < -0.3 is 5.32 Å². The lowest BCUT2D eigenvalue weighted by Gasteiger charge is -2.35. The standard InChI is InChI=1S/C18H27NOS/c1-3-13-7-10-17(19-2)18(11-13)21(20)16-9-8-14-5-4-6-15(14)12-16/h8-9,12-13,17-19H,3-7,10-11H2,1-2H3. The van der Waals surface area contributed by atoms with Crippen molar-refractivity contribution in [3.05, 3.63) is 29.3 Å². The van der Waals surface area contributed by atoms with Gasteiger partial charge in [-0.15, -0.1) is 0 Å². The number of nitrogens with one attached hydrogen (secondary N) is 1. The van der Waals surface area contributed by atoms with Crippen LogP contribution in [0.1, 0.15) is 50.2 Å². The molecule has 4 unspecified atom stereocenters. The fraction of sp³-hybridized carbons (Fsp3) is 0.667. The highest BCUT2D eigenvalue weighted by atomic mass is 32.2. The van der Waals surface area contributed by atoms with Crippen molar-refractivity contribution in [1.82, 2.24) is 5.32 Å². The monoisotopic (exact) mass is 305 g/mol. The van der Waals surface area contributed by atoms with Crippen LogP contribution in [0.25, 0.3) is 0 Å². The van der Waals surface area contributed by atoms with Gasteiger partial charge in [-0.3, -0.25) is 4.21 Å². The second-order valence-electron chi connectivity index (χ2n) is 6.60. The van der Waals surface area contributed by atoms with Gasteiger partial charge in [-0.2, -0.15) is 0 Å². The maximum Gasteiger partial charge on any atom is 0.0576 e. The van der Waals surface area contributed by atoms with Crippen LogP contribution in [0.5, 0.6) is 0 Å². The molecule has 2 nitrogen and oxygen atoms in total. The first kappa shape index (κ1) is 15.2. The molecule has 116 valence electrons. The summed E-state index contributed by atoms with van der Waals surface area (Å²) >= 11 is 0. The van der Waals surface area contributed by atoms with Crippen LogP contribution in [-0.2, 0) is 23.6 Å². The van der Waals surface area contributed by atoms with Crippen LogP contribution >= 0.6 is 0 Å². The molecular weight excluding hydrogens is 278 g/mol. The molecule has 0 spiro atoms. The third-order valence-corrected chi connectivity index (χ3v) is 7.22. The molecule has 4 atom stereocenters. The predicted molar refractivity (Wildman–Crippen MR) is 89.1 cm³/mol. The number of aryl methyl sites for hydroxylation is 2. The molecule has 1 fully saturated rings. The molecule has 1 aromatic rings. The van der Waals surface area contributed by atoms with E-state index in [0.29, 0.717) is 6.04 Å². The number of rotatable bonds is 4. The van der Waals surface area contributed by atoms with Gasteiger partial charge in [0.2, 0.25) is 0 Å². The molecule has 0 amide bonds. The lowest BCUT2D eigenvalue weighted by atomic mass is 9.84. The van der Waals surface area contributed by atoms with Gasteiger partial charge in [0.05, 0.1) is 16.0 Å². The van der Waals surface area contributed by atoms with Crippen LogP contribution in [0.4, 0.5) is 0 Å². The summed E-state index contributed by atoms with van der Waals surface area (Å²) in [5.74, 6) is 0.748. The Morgan fingerprint density at radius 2 is 2.05 bits per heavy atom. The molecule has 1 saturated carbocycles. The zero-order valence-corrected chi connectivity index (χ0v) is 14.0. The molecule has 1 N–H and O–H groups in total. The second-order valence-corrected chi connectivity index (χ2v) is 8.27. The van der Waals surface area contributed by atoms with Crippen LogP contribution < -0.4 is 5.32 Å². The Balaban J connectivity index is 1.82. The van der Waals surface area contributed by atoms with E-state index in [0.717, 1.165) is 30.1 Å². The zero-order valence-electron chi connectivity index (χ0n) is 13.2. The number of benzene rings is 1. The van der Waals surface area contributed by atoms with E-state index >= 15 is 0 Å². The van der Waals surface area contributed by atoms with E-state index in [1.54, 1.807) is 0 Å². The van der Waals surface area contributed by atoms with E-state index in [1.165, 1.54) is 36.8 Å². The van der Waals surface area contributed by atoms with Crippen molar-refractivity contribution in [3.63, 3.8) is 0 Å². The van der Waals surface area contributed by atoms with Crippen molar-refractivity contribution < 1.29 is 4.21 Å². The van der Waals surface area contributed by atoms with Crippen LogP contribution in [0.15, 0.2) is 23.1 Å². The fourth-order valence-electron chi connectivity index (χ4n) is 4.00. The molecule has 0 heterocycles. The topological polar surface area (TPSA) is 29.1 Å². The second kappa shape index (κ2) is 6.62. The molecule has 2 aliphatic rings. The maximum absolute atomic E-state index is 13.1. The number of hydrogen-bond donors (Lipinski definition) is 1. The molecule has 2 aliphatic carbocycles. The van der Waals surface area contributed by atoms with E-state index in [4.69, 9.17) is 0 Å². The summed E-state index contributed by atoms with van der Waals surface area (Å²) < 4.78 is 13.1. The highest BCUT2D eigenvalue weighted by molar-refractivity contribution is 7.85. The molecule has 3 rings (SSSR count). The van der Waals surface area contributed by atoms with Gasteiger partial charge in [0, 0.05) is 10.9 Å². The average Bonchev–Trinajstić information content (AvgIpc) is 3.01. The van der Waals surface area contributed by atoms with Gasteiger partial charge >= 0.3 is 0 Å².